The van der Waals surface area contributed by atoms with Gasteiger partial charge in [0.25, 0.3) is 0 Å². The third-order valence-corrected chi connectivity index (χ3v) is 9.53. The Bertz CT molecular complexity index is 1230. The smallest absolute Gasteiger partial charge is 0.340 e. The van der Waals surface area contributed by atoms with Gasteiger partial charge in [0.05, 0.1) is 23.7 Å². The second-order valence-corrected chi connectivity index (χ2v) is 11.7. The summed E-state index contributed by atoms with van der Waals surface area (Å²) >= 11 is 0. The molecule has 0 aromatic rings. The number of nitrogens with zero attached hydrogens (tertiary/aromatic N) is 1. The first-order valence-corrected chi connectivity index (χ1v) is 13.3. The predicted molar refractivity (Wildman–Crippen MR) is 134 cm³/mol. The van der Waals surface area contributed by atoms with Crippen molar-refractivity contribution >= 4 is 23.7 Å². The zero-order valence-electron chi connectivity index (χ0n) is 22.6. The molecule has 11 nitrogen and oxygen atoms in total. The fourth-order valence-corrected chi connectivity index (χ4v) is 7.65. The highest BCUT2D eigenvalue weighted by atomic mass is 16.6. The highest BCUT2D eigenvalue weighted by Gasteiger charge is 2.64. The molecule has 0 aromatic heterocycles. The number of aliphatic carboxylic acids is 1. The SMILES string of the molecule is COCC1OC(=O)C(=CN2CCCC2C(=O)O)C2=C(O)C(=O)C3=C(C(OC(C)=O)CC4(C)C(O)CCC34)C21C. The average molecular weight is 546 g/mol. The number of carboxylic acid groups (broad SMARTS) is 1. The van der Waals surface area contributed by atoms with Gasteiger partial charge in [0.1, 0.15) is 18.2 Å². The number of cyclic esters (lactones) is 1. The summed E-state index contributed by atoms with van der Waals surface area (Å²) < 4.78 is 17.1. The summed E-state index contributed by atoms with van der Waals surface area (Å²) in [6.07, 6.45) is 0.883. The first-order chi connectivity index (χ1) is 18.4. The second kappa shape index (κ2) is 9.48. The number of ketones is 1. The van der Waals surface area contributed by atoms with Crippen molar-refractivity contribution in [3.63, 3.8) is 0 Å². The van der Waals surface area contributed by atoms with Crippen LogP contribution in [0.25, 0.3) is 0 Å². The van der Waals surface area contributed by atoms with E-state index in [-0.39, 0.29) is 29.7 Å². The summed E-state index contributed by atoms with van der Waals surface area (Å²) in [5, 5.41) is 32.1. The first kappa shape index (κ1) is 27.4. The lowest BCUT2D eigenvalue weighted by Crippen LogP contribution is -2.57. The maximum atomic E-state index is 14.0. The van der Waals surface area contributed by atoms with Gasteiger partial charge < -0.3 is 34.4 Å². The average Bonchev–Trinajstić information content (AvgIpc) is 3.44. The van der Waals surface area contributed by atoms with E-state index in [4.69, 9.17) is 14.2 Å². The number of methoxy groups -OCH3 is 1. The van der Waals surface area contributed by atoms with Crippen molar-refractivity contribution in [2.45, 2.75) is 77.2 Å². The highest BCUT2D eigenvalue weighted by Crippen LogP contribution is 2.63. The molecule has 0 spiro atoms. The maximum Gasteiger partial charge on any atom is 0.340 e. The van der Waals surface area contributed by atoms with Crippen LogP contribution in [0.3, 0.4) is 0 Å². The zero-order chi connectivity index (χ0) is 28.4. The summed E-state index contributed by atoms with van der Waals surface area (Å²) in [5.41, 5.74) is -1.50. The molecule has 39 heavy (non-hydrogen) atoms. The second-order valence-electron chi connectivity index (χ2n) is 11.7. The molecule has 3 aliphatic carbocycles. The van der Waals surface area contributed by atoms with E-state index in [2.05, 4.69) is 0 Å². The van der Waals surface area contributed by atoms with Gasteiger partial charge in [-0.05, 0) is 50.5 Å². The molecule has 0 radical (unpaired) electrons. The standard InChI is InChI=1S/C28H35NO10/c1-13(30)38-17-10-27(2)15(7-8-18(27)31)20-22(17)28(3)19(12-37-4)39-26(36)14(21(28)24(33)23(20)32)11-29-9-5-6-16(29)25(34)35/h11,15-19,31,33H,5-10,12H2,1-4H3,(H,34,35). The molecular weight excluding hydrogens is 510 g/mol. The molecule has 7 unspecified atom stereocenters. The largest absolute Gasteiger partial charge is 0.504 e. The predicted octanol–water partition coefficient (Wildman–Crippen LogP) is 1.80. The number of carbonyl (C=O) groups is 4. The number of rotatable bonds is 5. The molecule has 5 aliphatic rings. The van der Waals surface area contributed by atoms with Crippen LogP contribution in [0.1, 0.15) is 52.9 Å². The Morgan fingerprint density at radius 2 is 1.92 bits per heavy atom. The number of carboxylic acids is 1. The van der Waals surface area contributed by atoms with Crippen LogP contribution in [0.5, 0.6) is 0 Å². The summed E-state index contributed by atoms with van der Waals surface area (Å²) in [4.78, 5) is 53.0. The summed E-state index contributed by atoms with van der Waals surface area (Å²) in [5.74, 6) is -4.16. The van der Waals surface area contributed by atoms with E-state index >= 15 is 0 Å². The minimum atomic E-state index is -1.34. The van der Waals surface area contributed by atoms with Crippen LogP contribution >= 0.6 is 0 Å². The Morgan fingerprint density at radius 3 is 2.56 bits per heavy atom. The number of esters is 2. The Hall–Kier alpha value is -3.18. The number of ether oxygens (including phenoxy) is 3. The van der Waals surface area contributed by atoms with Crippen LogP contribution in [-0.2, 0) is 33.4 Å². The van der Waals surface area contributed by atoms with Gasteiger partial charge in [-0.15, -0.1) is 0 Å². The van der Waals surface area contributed by atoms with Crippen LogP contribution in [0.2, 0.25) is 0 Å². The molecule has 11 heteroatoms. The quantitative estimate of drug-likeness (QED) is 0.341. The Labute approximate surface area is 226 Å². The van der Waals surface area contributed by atoms with Gasteiger partial charge in [0.2, 0.25) is 5.78 Å². The van der Waals surface area contributed by atoms with Crippen LogP contribution in [0.15, 0.2) is 34.3 Å². The minimum absolute atomic E-state index is 0.0138. The molecule has 0 aromatic carbocycles. The van der Waals surface area contributed by atoms with E-state index in [9.17, 15) is 34.5 Å². The molecule has 0 bridgehead atoms. The number of carbonyl (C=O) groups excluding carboxylic acids is 3. The van der Waals surface area contributed by atoms with E-state index < -0.39 is 70.6 Å². The van der Waals surface area contributed by atoms with Crippen LogP contribution in [0.4, 0.5) is 0 Å². The number of hydrogen-bond donors (Lipinski definition) is 3. The molecule has 3 N–H and O–H groups in total. The van der Waals surface area contributed by atoms with Crippen LogP contribution in [-0.4, -0.2) is 88.5 Å². The maximum absolute atomic E-state index is 14.0. The van der Waals surface area contributed by atoms with Gasteiger partial charge in [0, 0.05) is 43.3 Å². The molecule has 3 fully saturated rings. The molecule has 0 amide bonds. The summed E-state index contributed by atoms with van der Waals surface area (Å²) in [6, 6.07) is -0.866. The number of aliphatic hydroxyl groups excluding tert-OH is 2. The molecule has 2 heterocycles. The number of allylic oxidation sites excluding steroid dienone is 1. The molecule has 5 rings (SSSR count). The van der Waals surface area contributed by atoms with Crippen molar-refractivity contribution in [1.29, 1.82) is 0 Å². The van der Waals surface area contributed by atoms with Crippen molar-refractivity contribution in [1.82, 2.24) is 4.90 Å². The van der Waals surface area contributed by atoms with Gasteiger partial charge in [-0.1, -0.05) is 6.92 Å². The molecule has 7 atom stereocenters. The number of Topliss-reactive ketones (excluding diaryl/α,β-unsaturated/α-hetero) is 1. The van der Waals surface area contributed by atoms with Crippen molar-refractivity contribution in [2.75, 3.05) is 20.3 Å². The highest BCUT2D eigenvalue weighted by molar-refractivity contribution is 6.13. The topological polar surface area (TPSA) is 160 Å². The van der Waals surface area contributed by atoms with Crippen molar-refractivity contribution < 1.29 is 48.7 Å². The van der Waals surface area contributed by atoms with E-state index in [0.29, 0.717) is 37.8 Å². The number of likely N-dealkylation sites (tertiary alicyclic amines) is 1. The van der Waals surface area contributed by atoms with Crippen LogP contribution < -0.4 is 0 Å². The first-order valence-electron chi connectivity index (χ1n) is 13.3. The third kappa shape index (κ3) is 3.92. The van der Waals surface area contributed by atoms with E-state index in [1.807, 2.05) is 6.92 Å². The monoisotopic (exact) mass is 545 g/mol. The number of aliphatic hydroxyl groups is 2. The van der Waals surface area contributed by atoms with Gasteiger partial charge in [0.15, 0.2) is 5.76 Å². The van der Waals surface area contributed by atoms with Gasteiger partial charge >= 0.3 is 17.9 Å². The van der Waals surface area contributed by atoms with Gasteiger partial charge in [-0.2, -0.15) is 0 Å². The molecule has 1 saturated carbocycles. The Kier molecular flexibility index (Phi) is 6.66. The van der Waals surface area contributed by atoms with Crippen LogP contribution in [0, 0.1) is 16.7 Å². The molecule has 2 aliphatic heterocycles. The summed E-state index contributed by atoms with van der Waals surface area (Å²) in [7, 11) is 1.44. The third-order valence-electron chi connectivity index (χ3n) is 9.53. The lowest BCUT2D eigenvalue weighted by Gasteiger charge is -2.54. The molecular formula is C28H35NO10. The lowest BCUT2D eigenvalue weighted by atomic mass is 9.53. The van der Waals surface area contributed by atoms with Crippen molar-refractivity contribution in [3.8, 4) is 0 Å². The lowest BCUT2D eigenvalue weighted by molar-refractivity contribution is -0.161. The fraction of sp³-hybridized carbons (Fsp3) is 0.643. The van der Waals surface area contributed by atoms with Gasteiger partial charge in [-0.3, -0.25) is 9.59 Å². The Balaban J connectivity index is 1.75. The van der Waals surface area contributed by atoms with Crippen molar-refractivity contribution in [3.05, 3.63) is 34.3 Å². The van der Waals surface area contributed by atoms with E-state index in [0.717, 1.165) is 0 Å². The van der Waals surface area contributed by atoms with Crippen molar-refractivity contribution in [2.24, 2.45) is 16.7 Å². The minimum Gasteiger partial charge on any atom is -0.504 e. The summed E-state index contributed by atoms with van der Waals surface area (Å²) in [6.45, 7) is 5.15. The van der Waals surface area contributed by atoms with E-state index in [1.54, 1.807) is 6.92 Å². The Morgan fingerprint density at radius 1 is 1.21 bits per heavy atom. The molecule has 2 saturated heterocycles. The zero-order valence-corrected chi connectivity index (χ0v) is 22.6. The van der Waals surface area contributed by atoms with Gasteiger partial charge in [-0.25, -0.2) is 9.59 Å². The fourth-order valence-electron chi connectivity index (χ4n) is 7.65. The molecule has 212 valence electrons. The number of hydrogen-bond acceptors (Lipinski definition) is 10. The number of fused-ring (bicyclic) bond motifs is 4. The van der Waals surface area contributed by atoms with E-state index in [1.165, 1.54) is 25.1 Å². The normalized spacial score (nSPS) is 38.9.